The average molecular weight is 254 g/mol. The second-order valence-electron chi connectivity index (χ2n) is 3.24. The maximum absolute atomic E-state index is 11.6. The summed E-state index contributed by atoms with van der Waals surface area (Å²) in [6.45, 7) is 5.41. The van der Waals surface area contributed by atoms with Crippen molar-refractivity contribution in [3.05, 3.63) is 11.8 Å². The van der Waals surface area contributed by atoms with Crippen LogP contribution in [0.25, 0.3) is 0 Å². The zero-order chi connectivity index (χ0) is 14.0. The van der Waals surface area contributed by atoms with E-state index in [9.17, 15) is 9.59 Å². The van der Waals surface area contributed by atoms with Crippen LogP contribution in [0, 0.1) is 11.3 Å². The van der Waals surface area contributed by atoms with Crippen molar-refractivity contribution in [3.8, 4) is 6.07 Å². The third-order valence-corrected chi connectivity index (χ3v) is 1.99. The molecule has 6 nitrogen and oxygen atoms in total. The molecule has 6 heteroatoms. The van der Waals surface area contributed by atoms with Crippen LogP contribution in [0.1, 0.15) is 27.2 Å². The van der Waals surface area contributed by atoms with Crippen molar-refractivity contribution in [3.63, 3.8) is 0 Å². The molecule has 0 aliphatic rings. The molecule has 18 heavy (non-hydrogen) atoms. The zero-order valence-electron chi connectivity index (χ0n) is 10.9. The molecular weight excluding hydrogens is 236 g/mol. The van der Waals surface area contributed by atoms with E-state index in [4.69, 9.17) is 14.7 Å². The number of esters is 2. The summed E-state index contributed by atoms with van der Waals surface area (Å²) in [6, 6.07) is 0.707. The molecule has 0 amide bonds. The van der Waals surface area contributed by atoms with E-state index in [1.54, 1.807) is 20.8 Å². The molecular formula is C12H18N2O4. The van der Waals surface area contributed by atoms with E-state index >= 15 is 0 Å². The highest BCUT2D eigenvalue weighted by Gasteiger charge is 2.28. The maximum atomic E-state index is 11.6. The third kappa shape index (κ3) is 5.34. The van der Waals surface area contributed by atoms with Crippen molar-refractivity contribution in [2.45, 2.75) is 33.2 Å². The van der Waals surface area contributed by atoms with Crippen LogP contribution < -0.4 is 5.32 Å². The molecule has 0 spiro atoms. The molecule has 0 atom stereocenters. The fourth-order valence-corrected chi connectivity index (χ4v) is 1.08. The molecule has 0 aliphatic heterocycles. The van der Waals surface area contributed by atoms with Gasteiger partial charge in [-0.15, -0.1) is 0 Å². The van der Waals surface area contributed by atoms with E-state index in [1.807, 2.05) is 6.07 Å². The van der Waals surface area contributed by atoms with Crippen LogP contribution in [0.3, 0.4) is 0 Å². The van der Waals surface area contributed by atoms with Gasteiger partial charge in [0, 0.05) is 11.8 Å². The van der Waals surface area contributed by atoms with Gasteiger partial charge in [-0.3, -0.25) is 0 Å². The Morgan fingerprint density at radius 1 is 1.22 bits per heavy atom. The first-order chi connectivity index (χ1) is 8.60. The van der Waals surface area contributed by atoms with Crippen molar-refractivity contribution in [2.24, 2.45) is 0 Å². The summed E-state index contributed by atoms with van der Waals surface area (Å²) in [4.78, 5) is 23.1. The van der Waals surface area contributed by atoms with Crippen molar-refractivity contribution in [2.75, 3.05) is 13.2 Å². The van der Waals surface area contributed by atoms with E-state index in [-0.39, 0.29) is 13.2 Å². The highest BCUT2D eigenvalue weighted by atomic mass is 16.6. The van der Waals surface area contributed by atoms with Gasteiger partial charge in [0.25, 0.3) is 0 Å². The predicted octanol–water partition coefficient (Wildman–Crippen LogP) is 0.888. The molecule has 0 aliphatic carbocycles. The summed E-state index contributed by atoms with van der Waals surface area (Å²) >= 11 is 0. The Bertz CT molecular complexity index is 340. The average Bonchev–Trinajstić information content (AvgIpc) is 2.35. The number of carbonyl (C=O) groups excluding carboxylic acids is 2. The standard InChI is InChI=1S/C12H18N2O4/c1-4-9(7-13)8-14-10(11(15)17-5-2)12(16)18-6-3/h8,10,14H,4-6H2,1-3H3. The second kappa shape index (κ2) is 9.05. The number of ether oxygens (including phenoxy) is 2. The Morgan fingerprint density at radius 3 is 2.06 bits per heavy atom. The lowest BCUT2D eigenvalue weighted by atomic mass is 10.2. The van der Waals surface area contributed by atoms with Crippen LogP contribution >= 0.6 is 0 Å². The summed E-state index contributed by atoms with van der Waals surface area (Å²) in [5.74, 6) is -1.44. The molecule has 0 bridgehead atoms. The van der Waals surface area contributed by atoms with Gasteiger partial charge in [0.15, 0.2) is 0 Å². The minimum absolute atomic E-state index is 0.166. The molecule has 0 aromatic heterocycles. The quantitative estimate of drug-likeness (QED) is 0.412. The number of nitrogens with zero attached hydrogens (tertiary/aromatic N) is 1. The molecule has 1 N–H and O–H groups in total. The summed E-state index contributed by atoms with van der Waals surface area (Å²) < 4.78 is 9.51. The number of hydrogen-bond donors (Lipinski definition) is 1. The van der Waals surface area contributed by atoms with Crippen LogP contribution in [0.2, 0.25) is 0 Å². The van der Waals surface area contributed by atoms with E-state index in [0.29, 0.717) is 12.0 Å². The van der Waals surface area contributed by atoms with Crippen molar-refractivity contribution in [1.82, 2.24) is 5.32 Å². The molecule has 0 fully saturated rings. The van der Waals surface area contributed by atoms with Crippen LogP contribution in [0.4, 0.5) is 0 Å². The first kappa shape index (κ1) is 16.0. The molecule has 0 unspecified atom stereocenters. The summed E-state index contributed by atoms with van der Waals surface area (Å²) in [7, 11) is 0. The predicted molar refractivity (Wildman–Crippen MR) is 64.2 cm³/mol. The number of nitriles is 1. The molecule has 0 aromatic carbocycles. The molecule has 0 radical (unpaired) electrons. The summed E-state index contributed by atoms with van der Waals surface area (Å²) in [5, 5.41) is 11.3. The second-order valence-corrected chi connectivity index (χ2v) is 3.24. The molecule has 0 heterocycles. The fraction of sp³-hybridized carbons (Fsp3) is 0.583. The molecule has 100 valence electrons. The largest absolute Gasteiger partial charge is 0.464 e. The Morgan fingerprint density at radius 2 is 1.72 bits per heavy atom. The Hall–Kier alpha value is -2.03. The number of hydrogen-bond acceptors (Lipinski definition) is 6. The van der Waals surface area contributed by atoms with Crippen LogP contribution in [-0.4, -0.2) is 31.2 Å². The third-order valence-electron chi connectivity index (χ3n) is 1.99. The number of rotatable bonds is 7. The van der Waals surface area contributed by atoms with Gasteiger partial charge in [-0.2, -0.15) is 5.26 Å². The SMILES string of the molecule is CCOC(=O)C(NC=C(C#N)CC)C(=O)OCC. The van der Waals surface area contributed by atoms with Gasteiger partial charge < -0.3 is 14.8 Å². The number of allylic oxidation sites excluding steroid dienone is 1. The van der Waals surface area contributed by atoms with Crippen LogP contribution in [0.15, 0.2) is 11.8 Å². The number of nitrogens with one attached hydrogen (secondary N) is 1. The highest BCUT2D eigenvalue weighted by molar-refractivity contribution is 5.99. The van der Waals surface area contributed by atoms with Crippen molar-refractivity contribution in [1.29, 1.82) is 5.26 Å². The van der Waals surface area contributed by atoms with E-state index < -0.39 is 18.0 Å². The Balaban J connectivity index is 4.78. The van der Waals surface area contributed by atoms with Crippen LogP contribution in [-0.2, 0) is 19.1 Å². The monoisotopic (exact) mass is 254 g/mol. The van der Waals surface area contributed by atoms with Crippen molar-refractivity contribution >= 4 is 11.9 Å². The topological polar surface area (TPSA) is 88.4 Å². The lowest BCUT2D eigenvalue weighted by Gasteiger charge is -2.14. The molecule has 0 saturated carbocycles. The van der Waals surface area contributed by atoms with E-state index in [0.717, 1.165) is 0 Å². The normalized spacial score (nSPS) is 10.7. The Kier molecular flexibility index (Phi) is 8.03. The number of carbonyl (C=O) groups is 2. The Labute approximate surface area is 107 Å². The van der Waals surface area contributed by atoms with Gasteiger partial charge in [0.1, 0.15) is 0 Å². The van der Waals surface area contributed by atoms with Gasteiger partial charge >= 0.3 is 11.9 Å². The first-order valence-electron chi connectivity index (χ1n) is 5.79. The molecule has 0 rings (SSSR count). The fourth-order valence-electron chi connectivity index (χ4n) is 1.08. The van der Waals surface area contributed by atoms with Gasteiger partial charge in [0.05, 0.1) is 19.3 Å². The minimum atomic E-state index is -1.24. The van der Waals surface area contributed by atoms with Gasteiger partial charge in [0.2, 0.25) is 6.04 Å². The highest BCUT2D eigenvalue weighted by Crippen LogP contribution is 1.99. The molecule has 0 saturated heterocycles. The van der Waals surface area contributed by atoms with Gasteiger partial charge in [-0.25, -0.2) is 9.59 Å². The molecule has 0 aromatic rings. The minimum Gasteiger partial charge on any atom is -0.464 e. The first-order valence-corrected chi connectivity index (χ1v) is 5.79. The lowest BCUT2D eigenvalue weighted by Crippen LogP contribution is -2.43. The van der Waals surface area contributed by atoms with Gasteiger partial charge in [-0.1, -0.05) is 6.92 Å². The summed E-state index contributed by atoms with van der Waals surface area (Å²) in [5.41, 5.74) is 0.425. The maximum Gasteiger partial charge on any atom is 0.340 e. The van der Waals surface area contributed by atoms with Crippen LogP contribution in [0.5, 0.6) is 0 Å². The summed E-state index contributed by atoms with van der Waals surface area (Å²) in [6.07, 6.45) is 1.83. The van der Waals surface area contributed by atoms with Gasteiger partial charge in [-0.05, 0) is 20.3 Å². The zero-order valence-corrected chi connectivity index (χ0v) is 10.9. The lowest BCUT2D eigenvalue weighted by molar-refractivity contribution is -0.157. The van der Waals surface area contributed by atoms with E-state index in [2.05, 4.69) is 5.32 Å². The van der Waals surface area contributed by atoms with E-state index in [1.165, 1.54) is 6.20 Å². The smallest absolute Gasteiger partial charge is 0.340 e. The van der Waals surface area contributed by atoms with Crippen molar-refractivity contribution < 1.29 is 19.1 Å².